The highest BCUT2D eigenvalue weighted by Gasteiger charge is 2.10. The third kappa shape index (κ3) is 7.83. The molecule has 1 rings (SSSR count). The molecule has 0 aliphatic carbocycles. The van der Waals surface area contributed by atoms with Crippen LogP contribution in [0.1, 0.15) is 42.9 Å². The van der Waals surface area contributed by atoms with Gasteiger partial charge in [-0.1, -0.05) is 18.9 Å². The molecule has 1 unspecified atom stereocenters. The van der Waals surface area contributed by atoms with E-state index in [0.717, 1.165) is 38.8 Å². The number of phenols is 1. The molecule has 0 aliphatic heterocycles. The van der Waals surface area contributed by atoms with Crippen LogP contribution in [0.2, 0.25) is 0 Å². The Labute approximate surface area is 137 Å². The summed E-state index contributed by atoms with van der Waals surface area (Å²) >= 11 is 0. The topological polar surface area (TPSA) is 134 Å². The second-order valence-corrected chi connectivity index (χ2v) is 5.53. The lowest BCUT2D eigenvalue weighted by molar-refractivity contribution is 0.174. The van der Waals surface area contributed by atoms with E-state index in [9.17, 15) is 15.0 Å². The molecule has 8 N–H and O–H groups in total. The number of primary amides is 1. The monoisotopic (exact) mass is 324 g/mol. The first kappa shape index (κ1) is 19.2. The number of unbranched alkanes of at least 4 members (excludes halogenated alkanes) is 3. The fourth-order valence-electron chi connectivity index (χ4n) is 2.24. The number of urea groups is 1. The van der Waals surface area contributed by atoms with Crippen LogP contribution in [-0.4, -0.2) is 35.9 Å². The number of benzene rings is 1. The Kier molecular flexibility index (Phi) is 9.04. The number of aliphatic hydroxyl groups excluding tert-OH is 1. The summed E-state index contributed by atoms with van der Waals surface area (Å²) in [6.45, 7) is 2.14. The van der Waals surface area contributed by atoms with Crippen molar-refractivity contribution in [3.05, 3.63) is 29.3 Å². The lowest BCUT2D eigenvalue weighted by Gasteiger charge is -2.14. The van der Waals surface area contributed by atoms with Gasteiger partial charge in [0.25, 0.3) is 0 Å². The highest BCUT2D eigenvalue weighted by Crippen LogP contribution is 2.22. The van der Waals surface area contributed by atoms with Crippen molar-refractivity contribution in [1.82, 2.24) is 10.6 Å². The first-order chi connectivity index (χ1) is 11.0. The quantitative estimate of drug-likeness (QED) is 0.333. The molecule has 23 heavy (non-hydrogen) atoms. The zero-order valence-electron chi connectivity index (χ0n) is 13.4. The van der Waals surface area contributed by atoms with Crippen LogP contribution in [0.25, 0.3) is 0 Å². The summed E-state index contributed by atoms with van der Waals surface area (Å²) < 4.78 is 0. The number of carbonyl (C=O) groups is 1. The minimum atomic E-state index is -0.674. The van der Waals surface area contributed by atoms with Crippen LogP contribution in [-0.2, 0) is 6.54 Å². The van der Waals surface area contributed by atoms with Gasteiger partial charge in [-0.3, -0.25) is 0 Å². The van der Waals surface area contributed by atoms with Crippen molar-refractivity contribution >= 4 is 6.03 Å². The van der Waals surface area contributed by atoms with E-state index in [0.29, 0.717) is 17.7 Å². The average Bonchev–Trinajstić information content (AvgIpc) is 2.53. The zero-order chi connectivity index (χ0) is 17.1. The molecular formula is C16H28N4O3. The standard InChI is InChI=1S/C16H28N4O3/c17-7-3-1-2-4-8-19-11-15(22)12-5-6-14(21)13(9-12)10-20-16(18)23/h5-6,9,15,19,21-22H,1-4,7-8,10-11,17H2,(H3,18,20,23). The summed E-state index contributed by atoms with van der Waals surface area (Å²) in [7, 11) is 0. The molecule has 2 amide bonds. The highest BCUT2D eigenvalue weighted by atomic mass is 16.3. The van der Waals surface area contributed by atoms with Crippen molar-refractivity contribution in [2.75, 3.05) is 19.6 Å². The molecule has 0 aromatic heterocycles. The Morgan fingerprint density at radius 2 is 1.96 bits per heavy atom. The maximum Gasteiger partial charge on any atom is 0.312 e. The van der Waals surface area contributed by atoms with E-state index in [4.69, 9.17) is 11.5 Å². The molecule has 0 heterocycles. The second kappa shape index (κ2) is 10.8. The smallest absolute Gasteiger partial charge is 0.312 e. The summed E-state index contributed by atoms with van der Waals surface area (Å²) in [5, 5.41) is 25.6. The van der Waals surface area contributed by atoms with Crippen LogP contribution >= 0.6 is 0 Å². The largest absolute Gasteiger partial charge is 0.508 e. The van der Waals surface area contributed by atoms with Crippen molar-refractivity contribution in [3.8, 4) is 5.75 Å². The van der Waals surface area contributed by atoms with E-state index in [1.165, 1.54) is 6.07 Å². The van der Waals surface area contributed by atoms with Crippen molar-refractivity contribution in [2.24, 2.45) is 11.5 Å². The van der Waals surface area contributed by atoms with Gasteiger partial charge in [-0.2, -0.15) is 0 Å². The number of hydrogen-bond acceptors (Lipinski definition) is 5. The van der Waals surface area contributed by atoms with Gasteiger partial charge in [0.05, 0.1) is 6.10 Å². The van der Waals surface area contributed by atoms with Gasteiger partial charge in [0.1, 0.15) is 5.75 Å². The lowest BCUT2D eigenvalue weighted by Crippen LogP contribution is -2.28. The Morgan fingerprint density at radius 1 is 1.22 bits per heavy atom. The molecule has 0 aliphatic rings. The minimum Gasteiger partial charge on any atom is -0.508 e. The van der Waals surface area contributed by atoms with E-state index in [2.05, 4.69) is 10.6 Å². The Hall–Kier alpha value is -1.83. The fourth-order valence-corrected chi connectivity index (χ4v) is 2.24. The fraction of sp³-hybridized carbons (Fsp3) is 0.562. The Balaban J connectivity index is 2.39. The third-order valence-electron chi connectivity index (χ3n) is 3.59. The maximum absolute atomic E-state index is 10.7. The van der Waals surface area contributed by atoms with E-state index in [1.54, 1.807) is 12.1 Å². The number of carbonyl (C=O) groups excluding carboxylic acids is 1. The molecule has 1 aromatic rings. The first-order valence-corrected chi connectivity index (χ1v) is 7.98. The number of aliphatic hydroxyl groups is 1. The number of nitrogens with one attached hydrogen (secondary N) is 2. The third-order valence-corrected chi connectivity index (χ3v) is 3.59. The zero-order valence-corrected chi connectivity index (χ0v) is 13.4. The molecular weight excluding hydrogens is 296 g/mol. The van der Waals surface area contributed by atoms with Gasteiger partial charge in [0, 0.05) is 18.7 Å². The number of nitrogens with two attached hydrogens (primary N) is 2. The number of rotatable bonds is 11. The van der Waals surface area contributed by atoms with E-state index < -0.39 is 12.1 Å². The SMILES string of the molecule is NCCCCCCNCC(O)c1ccc(O)c(CNC(N)=O)c1. The first-order valence-electron chi connectivity index (χ1n) is 7.98. The van der Waals surface area contributed by atoms with E-state index in [1.807, 2.05) is 0 Å². The van der Waals surface area contributed by atoms with Gasteiger partial charge in [0.15, 0.2) is 0 Å². The van der Waals surface area contributed by atoms with Crippen LogP contribution in [0.3, 0.4) is 0 Å². The van der Waals surface area contributed by atoms with Crippen LogP contribution in [0.15, 0.2) is 18.2 Å². The predicted octanol–water partition coefficient (Wildman–Crippen LogP) is 0.703. The summed E-state index contributed by atoms with van der Waals surface area (Å²) in [4.78, 5) is 10.7. The van der Waals surface area contributed by atoms with Crippen molar-refractivity contribution in [2.45, 2.75) is 38.3 Å². The molecule has 1 atom stereocenters. The van der Waals surface area contributed by atoms with Gasteiger partial charge in [-0.25, -0.2) is 4.79 Å². The number of hydrogen-bond donors (Lipinski definition) is 6. The van der Waals surface area contributed by atoms with Crippen LogP contribution in [0.4, 0.5) is 4.79 Å². The summed E-state index contributed by atoms with van der Waals surface area (Å²) in [6.07, 6.45) is 3.69. The Bertz CT molecular complexity index is 482. The van der Waals surface area contributed by atoms with Crippen LogP contribution in [0.5, 0.6) is 5.75 Å². The predicted molar refractivity (Wildman–Crippen MR) is 89.9 cm³/mol. The molecule has 0 fully saturated rings. The molecule has 7 nitrogen and oxygen atoms in total. The molecule has 0 saturated carbocycles. The summed E-state index contributed by atoms with van der Waals surface area (Å²) in [5.41, 5.74) is 11.6. The number of aromatic hydroxyl groups is 1. The van der Waals surface area contributed by atoms with Crippen molar-refractivity contribution in [3.63, 3.8) is 0 Å². The molecule has 0 saturated heterocycles. The molecule has 0 radical (unpaired) electrons. The second-order valence-electron chi connectivity index (χ2n) is 5.53. The highest BCUT2D eigenvalue weighted by molar-refractivity contribution is 5.71. The molecule has 130 valence electrons. The molecule has 1 aromatic carbocycles. The summed E-state index contributed by atoms with van der Waals surface area (Å²) in [6, 6.07) is 4.17. The Morgan fingerprint density at radius 3 is 2.65 bits per heavy atom. The average molecular weight is 324 g/mol. The van der Waals surface area contributed by atoms with E-state index >= 15 is 0 Å². The molecule has 7 heteroatoms. The van der Waals surface area contributed by atoms with Gasteiger partial charge >= 0.3 is 6.03 Å². The van der Waals surface area contributed by atoms with Crippen LogP contribution in [0, 0.1) is 0 Å². The van der Waals surface area contributed by atoms with E-state index in [-0.39, 0.29) is 12.3 Å². The minimum absolute atomic E-state index is 0.0579. The number of phenolic OH excluding ortho intramolecular Hbond substituents is 1. The van der Waals surface area contributed by atoms with Crippen molar-refractivity contribution < 1.29 is 15.0 Å². The van der Waals surface area contributed by atoms with Crippen molar-refractivity contribution in [1.29, 1.82) is 0 Å². The van der Waals surface area contributed by atoms with Gasteiger partial charge < -0.3 is 32.3 Å². The van der Waals surface area contributed by atoms with Gasteiger partial charge in [-0.05, 0) is 43.6 Å². The number of amides is 2. The van der Waals surface area contributed by atoms with Gasteiger partial charge in [0.2, 0.25) is 0 Å². The van der Waals surface area contributed by atoms with Gasteiger partial charge in [-0.15, -0.1) is 0 Å². The lowest BCUT2D eigenvalue weighted by atomic mass is 10.0. The molecule has 0 bridgehead atoms. The summed E-state index contributed by atoms with van der Waals surface area (Å²) in [5.74, 6) is 0.0579. The molecule has 0 spiro atoms. The maximum atomic E-state index is 10.7. The normalized spacial score (nSPS) is 12.1. The van der Waals surface area contributed by atoms with Crippen LogP contribution < -0.4 is 22.1 Å².